The predicted octanol–water partition coefficient (Wildman–Crippen LogP) is 2.38. The first-order valence-electron chi connectivity index (χ1n) is 6.33. The summed E-state index contributed by atoms with van der Waals surface area (Å²) in [6, 6.07) is 7.15. The Labute approximate surface area is 121 Å². The van der Waals surface area contributed by atoms with Crippen molar-refractivity contribution < 1.29 is 17.2 Å². The summed E-state index contributed by atoms with van der Waals surface area (Å²) in [7, 11) is -4.52. The van der Waals surface area contributed by atoms with Gasteiger partial charge in [0, 0.05) is 31.2 Å². The number of nitrogens with zero attached hydrogens (tertiary/aromatic N) is 2. The number of benzene rings is 1. The Hall–Kier alpha value is -1.96. The fourth-order valence-electron chi connectivity index (χ4n) is 1.77. The Morgan fingerprint density at radius 2 is 1.95 bits per heavy atom. The third-order valence-electron chi connectivity index (χ3n) is 2.87. The molecule has 1 aromatic heterocycles. The number of aromatic nitrogens is 2. The molecule has 5 nitrogen and oxygen atoms in total. The lowest BCUT2D eigenvalue weighted by molar-refractivity contribution is 0.234. The minimum Gasteiger partial charge on any atom is -0.385 e. The molecule has 1 aromatic carbocycles. The average molecular weight is 315 g/mol. The molecule has 0 unspecified atom stereocenters. The number of alkyl halides is 2. The highest BCUT2D eigenvalue weighted by molar-refractivity contribution is 7.91. The molecule has 0 aliphatic carbocycles. The Kier molecular flexibility index (Phi) is 4.89. The molecular formula is C13H15F2N3O2S. The van der Waals surface area contributed by atoms with Crippen LogP contribution >= 0.6 is 0 Å². The summed E-state index contributed by atoms with van der Waals surface area (Å²) in [5, 5.41) is 7.16. The number of rotatable bonds is 7. The number of anilines is 1. The molecule has 0 radical (unpaired) electrons. The van der Waals surface area contributed by atoms with Gasteiger partial charge in [0.15, 0.2) is 0 Å². The fraction of sp³-hybridized carbons (Fsp3) is 0.308. The zero-order valence-electron chi connectivity index (χ0n) is 11.1. The van der Waals surface area contributed by atoms with Gasteiger partial charge in [0.05, 0.1) is 4.90 Å². The summed E-state index contributed by atoms with van der Waals surface area (Å²) in [4.78, 5) is -0.375. The maximum atomic E-state index is 12.4. The van der Waals surface area contributed by atoms with Crippen LogP contribution in [0.2, 0.25) is 0 Å². The first-order valence-corrected chi connectivity index (χ1v) is 7.88. The Bertz CT molecular complexity index is 655. The second-order valence-corrected chi connectivity index (χ2v) is 6.30. The van der Waals surface area contributed by atoms with Crippen molar-refractivity contribution in [1.29, 1.82) is 0 Å². The molecule has 0 saturated heterocycles. The molecule has 0 bridgehead atoms. The highest BCUT2D eigenvalue weighted by atomic mass is 32.2. The molecule has 0 saturated carbocycles. The standard InChI is InChI=1S/C13H15F2N3O2S/c14-13(15)21(19,20)12-5-3-11(4-6-12)16-7-1-9-18-10-2-8-17-18/h2-6,8,10,13,16H,1,7,9H2. The van der Waals surface area contributed by atoms with Crippen LogP contribution in [0.15, 0.2) is 47.6 Å². The molecule has 0 spiro atoms. The number of aryl methyl sites for hydroxylation is 1. The van der Waals surface area contributed by atoms with E-state index in [1.807, 2.05) is 12.3 Å². The van der Waals surface area contributed by atoms with Crippen LogP contribution in [-0.2, 0) is 16.4 Å². The van der Waals surface area contributed by atoms with Gasteiger partial charge in [0.2, 0.25) is 9.84 Å². The molecule has 21 heavy (non-hydrogen) atoms. The topological polar surface area (TPSA) is 64.0 Å². The van der Waals surface area contributed by atoms with E-state index in [0.717, 1.165) is 13.0 Å². The number of halogens is 2. The Morgan fingerprint density at radius 3 is 2.52 bits per heavy atom. The summed E-state index contributed by atoms with van der Waals surface area (Å²) in [6.45, 7) is 1.43. The Balaban J connectivity index is 1.85. The first kappa shape index (κ1) is 15.4. The van der Waals surface area contributed by atoms with Gasteiger partial charge in [-0.2, -0.15) is 13.9 Å². The second kappa shape index (κ2) is 6.66. The highest BCUT2D eigenvalue weighted by Crippen LogP contribution is 2.20. The zero-order valence-corrected chi connectivity index (χ0v) is 11.9. The lowest BCUT2D eigenvalue weighted by Crippen LogP contribution is -2.11. The van der Waals surface area contributed by atoms with Gasteiger partial charge in [-0.05, 0) is 36.8 Å². The van der Waals surface area contributed by atoms with Gasteiger partial charge >= 0.3 is 5.76 Å². The van der Waals surface area contributed by atoms with Crippen molar-refractivity contribution in [3.05, 3.63) is 42.7 Å². The van der Waals surface area contributed by atoms with E-state index < -0.39 is 15.6 Å². The van der Waals surface area contributed by atoms with Gasteiger partial charge in [-0.15, -0.1) is 0 Å². The molecule has 0 aliphatic rings. The molecule has 8 heteroatoms. The van der Waals surface area contributed by atoms with Gasteiger partial charge in [0.25, 0.3) is 0 Å². The van der Waals surface area contributed by atoms with Crippen LogP contribution < -0.4 is 5.32 Å². The predicted molar refractivity (Wildman–Crippen MR) is 75.0 cm³/mol. The molecule has 1 N–H and O–H groups in total. The van der Waals surface area contributed by atoms with Crippen LogP contribution in [0.1, 0.15) is 6.42 Å². The third kappa shape index (κ3) is 4.01. The molecular weight excluding hydrogens is 300 g/mol. The van der Waals surface area contributed by atoms with Gasteiger partial charge in [-0.1, -0.05) is 0 Å². The number of nitrogens with one attached hydrogen (secondary N) is 1. The lowest BCUT2D eigenvalue weighted by atomic mass is 10.3. The second-order valence-electron chi connectivity index (χ2n) is 4.38. The summed E-state index contributed by atoms with van der Waals surface area (Å²) in [5.41, 5.74) is 0.684. The van der Waals surface area contributed by atoms with Crippen molar-refractivity contribution in [2.75, 3.05) is 11.9 Å². The number of sulfone groups is 1. The van der Waals surface area contributed by atoms with Gasteiger partial charge < -0.3 is 5.32 Å². The van der Waals surface area contributed by atoms with Crippen molar-refractivity contribution in [3.63, 3.8) is 0 Å². The molecule has 0 amide bonds. The lowest BCUT2D eigenvalue weighted by Gasteiger charge is -2.08. The summed E-state index contributed by atoms with van der Waals surface area (Å²) < 4.78 is 49.1. The maximum absolute atomic E-state index is 12.4. The molecule has 114 valence electrons. The largest absolute Gasteiger partial charge is 0.385 e. The maximum Gasteiger partial charge on any atom is 0.341 e. The molecule has 0 aliphatic heterocycles. The first-order chi connectivity index (χ1) is 10.00. The van der Waals surface area contributed by atoms with E-state index >= 15 is 0 Å². The molecule has 1 heterocycles. The van der Waals surface area contributed by atoms with Crippen molar-refractivity contribution in [2.24, 2.45) is 0 Å². The molecule has 0 fully saturated rings. The molecule has 0 atom stereocenters. The van der Waals surface area contributed by atoms with Crippen LogP contribution in [0.4, 0.5) is 14.5 Å². The average Bonchev–Trinajstić information content (AvgIpc) is 2.97. The van der Waals surface area contributed by atoms with Crippen LogP contribution in [-0.4, -0.2) is 30.5 Å². The monoisotopic (exact) mass is 315 g/mol. The van der Waals surface area contributed by atoms with Crippen molar-refractivity contribution in [2.45, 2.75) is 23.6 Å². The van der Waals surface area contributed by atoms with E-state index in [1.165, 1.54) is 24.3 Å². The summed E-state index contributed by atoms with van der Waals surface area (Å²) in [5.74, 6) is -3.40. The van der Waals surface area contributed by atoms with Crippen LogP contribution in [0.25, 0.3) is 0 Å². The Morgan fingerprint density at radius 1 is 1.24 bits per heavy atom. The molecule has 2 aromatic rings. The van der Waals surface area contributed by atoms with E-state index in [4.69, 9.17) is 0 Å². The highest BCUT2D eigenvalue weighted by Gasteiger charge is 2.26. The quantitative estimate of drug-likeness (QED) is 0.797. The van der Waals surface area contributed by atoms with E-state index in [-0.39, 0.29) is 4.90 Å². The van der Waals surface area contributed by atoms with Crippen LogP contribution in [0.3, 0.4) is 0 Å². The normalized spacial score (nSPS) is 11.8. The van der Waals surface area contributed by atoms with Gasteiger partial charge in [-0.3, -0.25) is 4.68 Å². The molecule has 2 rings (SSSR count). The van der Waals surface area contributed by atoms with E-state index in [2.05, 4.69) is 10.4 Å². The number of hydrogen-bond donors (Lipinski definition) is 1. The third-order valence-corrected chi connectivity index (χ3v) is 4.27. The van der Waals surface area contributed by atoms with E-state index in [9.17, 15) is 17.2 Å². The SMILES string of the molecule is O=S(=O)(c1ccc(NCCCn2cccn2)cc1)C(F)F. The van der Waals surface area contributed by atoms with Crippen LogP contribution in [0.5, 0.6) is 0 Å². The van der Waals surface area contributed by atoms with Gasteiger partial charge in [-0.25, -0.2) is 8.42 Å². The van der Waals surface area contributed by atoms with Gasteiger partial charge in [0.1, 0.15) is 0 Å². The minimum absolute atomic E-state index is 0.375. The minimum atomic E-state index is -4.52. The van der Waals surface area contributed by atoms with Crippen LogP contribution in [0, 0.1) is 0 Å². The smallest absolute Gasteiger partial charge is 0.341 e. The fourth-order valence-corrected chi connectivity index (χ4v) is 2.49. The summed E-state index contributed by atoms with van der Waals surface area (Å²) >= 11 is 0. The van der Waals surface area contributed by atoms with E-state index in [0.29, 0.717) is 12.2 Å². The van der Waals surface area contributed by atoms with E-state index in [1.54, 1.807) is 10.9 Å². The van der Waals surface area contributed by atoms with Crippen molar-refractivity contribution in [3.8, 4) is 0 Å². The van der Waals surface area contributed by atoms with Crippen molar-refractivity contribution >= 4 is 15.5 Å². The summed E-state index contributed by atoms with van der Waals surface area (Å²) in [6.07, 6.45) is 4.40. The number of hydrogen-bond acceptors (Lipinski definition) is 4. The van der Waals surface area contributed by atoms with Crippen molar-refractivity contribution in [1.82, 2.24) is 9.78 Å². The zero-order chi connectivity index (χ0) is 15.3.